The van der Waals surface area contributed by atoms with E-state index in [4.69, 9.17) is 4.74 Å². The number of carbonyl (C=O) groups is 1. The lowest BCUT2D eigenvalue weighted by Crippen LogP contribution is -2.32. The highest BCUT2D eigenvalue weighted by Crippen LogP contribution is 2.47. The first kappa shape index (κ1) is 24.3. The molecule has 0 radical (unpaired) electrons. The molecular formula is C31H29O3P. The molecule has 4 aromatic rings. The Hall–Kier alpha value is -3.81. The van der Waals surface area contributed by atoms with Crippen LogP contribution in [-0.4, -0.2) is 23.3 Å². The van der Waals surface area contributed by atoms with E-state index in [1.165, 1.54) is 0 Å². The van der Waals surface area contributed by atoms with Crippen LogP contribution in [0.3, 0.4) is 0 Å². The molecule has 0 atom stereocenters. The van der Waals surface area contributed by atoms with Gasteiger partial charge in [-0.05, 0) is 48.3 Å². The smallest absolute Gasteiger partial charge is 0.193 e. The normalized spacial score (nSPS) is 11.0. The van der Waals surface area contributed by atoms with Crippen LogP contribution in [0.5, 0.6) is 11.5 Å². The zero-order chi connectivity index (χ0) is 24.8. The van der Waals surface area contributed by atoms with Crippen molar-refractivity contribution in [2.24, 2.45) is 0 Å². The predicted molar refractivity (Wildman–Crippen MR) is 149 cm³/mol. The second kappa shape index (κ2) is 10.6. The van der Waals surface area contributed by atoms with Crippen molar-refractivity contribution in [3.63, 3.8) is 0 Å². The first-order chi connectivity index (χ1) is 17.0. The minimum absolute atomic E-state index is 0.0256. The molecule has 0 spiro atoms. The molecule has 0 aliphatic rings. The summed E-state index contributed by atoms with van der Waals surface area (Å²) in [5.41, 5.74) is 0.851. The number of phenolic OH excluding ortho intramolecular Hbond substituents is 1. The largest absolute Gasteiger partial charge is 0.507 e. The van der Waals surface area contributed by atoms with E-state index in [9.17, 15) is 9.90 Å². The molecule has 0 aliphatic heterocycles. The second-order valence-corrected chi connectivity index (χ2v) is 11.8. The summed E-state index contributed by atoms with van der Waals surface area (Å²) in [4.78, 5) is 14.3. The summed E-state index contributed by atoms with van der Waals surface area (Å²) >= 11 is 0. The Morgan fingerprint density at radius 3 is 1.71 bits per heavy atom. The monoisotopic (exact) mass is 480 g/mol. The Kier molecular flexibility index (Phi) is 7.39. The number of carbonyl (C=O) groups excluding carboxylic acids is 1. The average molecular weight is 481 g/mol. The Morgan fingerprint density at radius 1 is 0.857 bits per heavy atom. The summed E-state index contributed by atoms with van der Waals surface area (Å²) < 4.78 is 5.47. The number of ether oxygens (including phenoxy) is 1. The Balaban J connectivity index is 2.14. The van der Waals surface area contributed by atoms with Gasteiger partial charge >= 0.3 is 0 Å². The molecule has 4 heteroatoms. The summed E-state index contributed by atoms with van der Waals surface area (Å²) in [6.45, 7) is 3.15. The van der Waals surface area contributed by atoms with Gasteiger partial charge in [-0.3, -0.25) is 4.79 Å². The number of hydrogen-bond acceptors (Lipinski definition) is 3. The van der Waals surface area contributed by atoms with Crippen molar-refractivity contribution in [3.05, 3.63) is 127 Å². The number of ketones is 1. The van der Waals surface area contributed by atoms with E-state index in [-0.39, 0.29) is 17.1 Å². The van der Waals surface area contributed by atoms with Crippen LogP contribution in [0.15, 0.2) is 116 Å². The van der Waals surface area contributed by atoms with Crippen LogP contribution in [0.1, 0.15) is 22.8 Å². The highest BCUT2D eigenvalue weighted by molar-refractivity contribution is 7.96. The van der Waals surface area contributed by atoms with Crippen molar-refractivity contribution in [3.8, 4) is 11.5 Å². The maximum Gasteiger partial charge on any atom is 0.193 e. The quantitative estimate of drug-likeness (QED) is 0.206. The van der Waals surface area contributed by atoms with E-state index < -0.39 is 6.89 Å². The van der Waals surface area contributed by atoms with Crippen LogP contribution in [-0.2, 0) is 6.42 Å². The van der Waals surface area contributed by atoms with E-state index in [1.807, 2.05) is 61.5 Å². The molecule has 35 heavy (non-hydrogen) atoms. The third-order valence-corrected chi connectivity index (χ3v) is 10.7. The highest BCUT2D eigenvalue weighted by Gasteiger charge is 2.32. The highest BCUT2D eigenvalue weighted by atomic mass is 31.2. The van der Waals surface area contributed by atoms with Gasteiger partial charge in [-0.1, -0.05) is 97.1 Å². The molecule has 4 aromatic carbocycles. The van der Waals surface area contributed by atoms with Crippen molar-refractivity contribution in [2.45, 2.75) is 13.3 Å². The van der Waals surface area contributed by atoms with E-state index in [0.717, 1.165) is 15.9 Å². The van der Waals surface area contributed by atoms with Crippen molar-refractivity contribution >= 4 is 33.9 Å². The topological polar surface area (TPSA) is 46.5 Å². The predicted octanol–water partition coefficient (Wildman–Crippen LogP) is 5.50. The zero-order valence-electron chi connectivity index (χ0n) is 20.0. The number of aromatic hydroxyl groups is 1. The van der Waals surface area contributed by atoms with Crippen LogP contribution < -0.4 is 20.7 Å². The van der Waals surface area contributed by atoms with Crippen molar-refractivity contribution in [1.82, 2.24) is 0 Å². The SMILES string of the molecule is C=CCc1cc(OC)cc(C(=O)C(C)=P(c2ccccc2)(c2ccccc2)c2ccccc2)c1O. The Labute approximate surface area is 207 Å². The molecule has 0 heterocycles. The Morgan fingerprint density at radius 2 is 1.31 bits per heavy atom. The summed E-state index contributed by atoms with van der Waals surface area (Å²) in [5.74, 6) is 0.304. The van der Waals surface area contributed by atoms with Crippen molar-refractivity contribution in [1.29, 1.82) is 0 Å². The van der Waals surface area contributed by atoms with Gasteiger partial charge < -0.3 is 9.84 Å². The molecular weight excluding hydrogens is 451 g/mol. The maximum absolute atomic E-state index is 14.3. The number of phenols is 1. The summed E-state index contributed by atoms with van der Waals surface area (Å²) in [7, 11) is 1.56. The minimum Gasteiger partial charge on any atom is -0.507 e. The van der Waals surface area contributed by atoms with Crippen LogP contribution in [0.2, 0.25) is 0 Å². The number of Topliss-reactive ketones (excluding diaryl/α,β-unsaturated/α-hetero) is 1. The van der Waals surface area contributed by atoms with E-state index in [0.29, 0.717) is 23.0 Å². The molecule has 0 amide bonds. The molecule has 0 fully saturated rings. The van der Waals surface area contributed by atoms with Crippen LogP contribution in [0, 0.1) is 0 Å². The minimum atomic E-state index is -2.54. The maximum atomic E-state index is 14.3. The number of allylic oxidation sites excluding steroid dienone is 1. The van der Waals surface area contributed by atoms with E-state index in [2.05, 4.69) is 43.0 Å². The lowest BCUT2D eigenvalue weighted by atomic mass is 10.0. The molecule has 1 N–H and O–H groups in total. The number of methoxy groups -OCH3 is 1. The molecule has 0 unspecified atom stereocenters. The number of rotatable bonds is 8. The van der Waals surface area contributed by atoms with Crippen LogP contribution in [0.4, 0.5) is 0 Å². The second-order valence-electron chi connectivity index (χ2n) is 8.27. The summed E-state index contributed by atoms with van der Waals surface area (Å²) in [6, 6.07) is 34.0. The molecule has 0 aromatic heterocycles. The van der Waals surface area contributed by atoms with Gasteiger partial charge in [0.25, 0.3) is 0 Å². The third-order valence-electron chi connectivity index (χ3n) is 6.27. The van der Waals surface area contributed by atoms with E-state index >= 15 is 0 Å². The third kappa shape index (κ3) is 4.48. The van der Waals surface area contributed by atoms with Gasteiger partial charge in [-0.15, -0.1) is 6.58 Å². The van der Waals surface area contributed by atoms with Gasteiger partial charge in [-0.2, -0.15) is 0 Å². The fraction of sp³-hybridized carbons (Fsp3) is 0.0968. The summed E-state index contributed by atoms with van der Waals surface area (Å²) in [5, 5.41) is 15.0. The molecule has 176 valence electrons. The average Bonchev–Trinajstić information content (AvgIpc) is 2.92. The molecule has 0 saturated heterocycles. The molecule has 0 bridgehead atoms. The van der Waals surface area contributed by atoms with Crippen molar-refractivity contribution < 1.29 is 14.6 Å². The molecule has 0 saturated carbocycles. The van der Waals surface area contributed by atoms with Gasteiger partial charge in [0.05, 0.1) is 12.7 Å². The summed E-state index contributed by atoms with van der Waals surface area (Å²) in [6.07, 6.45) is 2.13. The van der Waals surface area contributed by atoms with Gasteiger partial charge in [0.2, 0.25) is 0 Å². The molecule has 3 nitrogen and oxygen atoms in total. The first-order valence-electron chi connectivity index (χ1n) is 11.5. The van der Waals surface area contributed by atoms with Crippen LogP contribution >= 0.6 is 6.89 Å². The molecule has 4 rings (SSSR count). The number of hydrogen-bond donors (Lipinski definition) is 1. The van der Waals surface area contributed by atoms with Gasteiger partial charge in [0.15, 0.2) is 5.78 Å². The molecule has 0 aliphatic carbocycles. The van der Waals surface area contributed by atoms with Crippen molar-refractivity contribution in [2.75, 3.05) is 7.11 Å². The fourth-order valence-corrected chi connectivity index (χ4v) is 8.94. The fourth-order valence-electron chi connectivity index (χ4n) is 4.60. The lowest BCUT2D eigenvalue weighted by Gasteiger charge is -2.31. The van der Waals surface area contributed by atoms with Crippen LogP contribution in [0.25, 0.3) is 0 Å². The number of benzene rings is 4. The Bertz CT molecular complexity index is 1290. The lowest BCUT2D eigenvalue weighted by molar-refractivity contribution is 0.106. The zero-order valence-corrected chi connectivity index (χ0v) is 20.9. The van der Waals surface area contributed by atoms with Gasteiger partial charge in [0.1, 0.15) is 11.5 Å². The van der Waals surface area contributed by atoms with E-state index in [1.54, 1.807) is 25.3 Å². The van der Waals surface area contributed by atoms with Gasteiger partial charge in [-0.25, -0.2) is 0 Å². The van der Waals surface area contributed by atoms with Gasteiger partial charge in [0, 0.05) is 10.9 Å². The first-order valence-corrected chi connectivity index (χ1v) is 13.3. The standard InChI is InChI=1S/C31H29O3P/c1-4-14-24-21-25(34-3)22-29(31(24)33)30(32)23(2)35(26-15-8-5-9-16-26,27-17-10-6-11-18-27)28-19-12-7-13-20-28/h4-13,15-22,33H,1,14H2,2-3H3.